The molecule has 0 heterocycles. The van der Waals surface area contributed by atoms with Gasteiger partial charge in [0.1, 0.15) is 23.6 Å². The standard InChI is InChI=1S/C54H101N3O10/c1-6-10-14-28-39-62-43-47(44-63-40-29-15-11-7-2)66-49(58)33-24-20-18-22-26-36-57(38-32-35-56-52-51(55-5)53(60)54(52)61)37-27-23-19-21-25-34-50(59)67-48(45-64-41-30-16-12-8-3)46-65-42-31-17-13-9-4/h47-48,55-56H,6-46H2,1-5H3. The molecule has 0 saturated carbocycles. The number of hydrogen-bond donors (Lipinski definition) is 2. The summed E-state index contributed by atoms with van der Waals surface area (Å²) >= 11 is 0. The number of carbonyl (C=O) groups excluding carboxylic acids is 2. The minimum atomic E-state index is -0.457. The van der Waals surface area contributed by atoms with Gasteiger partial charge in [0.25, 0.3) is 10.9 Å². The van der Waals surface area contributed by atoms with Crippen LogP contribution in [0.25, 0.3) is 0 Å². The van der Waals surface area contributed by atoms with Gasteiger partial charge < -0.3 is 44.0 Å². The number of nitrogens with zero attached hydrogens (tertiary/aromatic N) is 1. The van der Waals surface area contributed by atoms with Crippen molar-refractivity contribution in [1.29, 1.82) is 0 Å². The lowest BCUT2D eigenvalue weighted by Crippen LogP contribution is -2.37. The van der Waals surface area contributed by atoms with Gasteiger partial charge in [-0.15, -0.1) is 0 Å². The fourth-order valence-electron chi connectivity index (χ4n) is 8.03. The van der Waals surface area contributed by atoms with Crippen LogP contribution in [0.3, 0.4) is 0 Å². The Bertz CT molecular complexity index is 1260. The van der Waals surface area contributed by atoms with Gasteiger partial charge in [0.15, 0.2) is 0 Å². The molecule has 392 valence electrons. The van der Waals surface area contributed by atoms with Gasteiger partial charge in [-0.1, -0.05) is 143 Å². The maximum atomic E-state index is 12.8. The third-order valence-electron chi connectivity index (χ3n) is 12.2. The summed E-state index contributed by atoms with van der Waals surface area (Å²) in [5, 5.41) is 6.00. The Balaban J connectivity index is 2.48. The molecule has 0 spiro atoms. The van der Waals surface area contributed by atoms with Gasteiger partial charge in [0, 0.05) is 52.9 Å². The Kier molecular flexibility index (Phi) is 42.7. The molecule has 2 N–H and O–H groups in total. The average Bonchev–Trinajstić information content (AvgIpc) is 3.32. The highest BCUT2D eigenvalue weighted by atomic mass is 16.6. The lowest BCUT2D eigenvalue weighted by molar-refractivity contribution is -0.157. The van der Waals surface area contributed by atoms with Crippen LogP contribution in [0.15, 0.2) is 9.59 Å². The molecule has 67 heavy (non-hydrogen) atoms. The van der Waals surface area contributed by atoms with Crippen molar-refractivity contribution in [2.45, 2.75) is 226 Å². The Morgan fingerprint density at radius 2 is 0.761 bits per heavy atom. The first-order valence-corrected chi connectivity index (χ1v) is 27.5. The summed E-state index contributed by atoms with van der Waals surface area (Å²) in [6.07, 6.45) is 29.3. The molecule has 0 amide bonds. The maximum Gasteiger partial charge on any atom is 0.306 e. The van der Waals surface area contributed by atoms with Crippen molar-refractivity contribution in [1.82, 2.24) is 4.90 Å². The molecule has 1 rings (SSSR count). The molecule has 0 bridgehead atoms. The number of carbonyl (C=O) groups is 2. The molecule has 0 aliphatic heterocycles. The molecular formula is C54H101N3O10. The second-order valence-corrected chi connectivity index (χ2v) is 18.6. The third kappa shape index (κ3) is 35.2. The van der Waals surface area contributed by atoms with E-state index in [1.54, 1.807) is 7.05 Å². The number of unbranched alkanes of at least 4 members (excludes halogenated alkanes) is 20. The normalized spacial score (nSPS) is 11.7. The van der Waals surface area contributed by atoms with Crippen LogP contribution in [0, 0.1) is 0 Å². The molecule has 1 aromatic carbocycles. The molecule has 0 fully saturated rings. The van der Waals surface area contributed by atoms with Gasteiger partial charge in [-0.05, 0) is 77.4 Å². The summed E-state index contributed by atoms with van der Waals surface area (Å²) in [5.74, 6) is -0.341. The number of nitrogens with one attached hydrogen (secondary N) is 2. The second kappa shape index (κ2) is 45.8. The van der Waals surface area contributed by atoms with Crippen LogP contribution >= 0.6 is 0 Å². The van der Waals surface area contributed by atoms with Crippen molar-refractivity contribution in [3.05, 3.63) is 20.4 Å². The van der Waals surface area contributed by atoms with Crippen LogP contribution in [-0.4, -0.2) is 115 Å². The van der Waals surface area contributed by atoms with E-state index in [0.29, 0.717) is 83.6 Å². The van der Waals surface area contributed by atoms with Crippen LogP contribution in [0.4, 0.5) is 11.4 Å². The lowest BCUT2D eigenvalue weighted by Gasteiger charge is -2.23. The van der Waals surface area contributed by atoms with Crippen molar-refractivity contribution in [2.75, 3.05) is 96.7 Å². The predicted octanol–water partition coefficient (Wildman–Crippen LogP) is 11.3. The van der Waals surface area contributed by atoms with Gasteiger partial charge in [-0.25, -0.2) is 0 Å². The van der Waals surface area contributed by atoms with E-state index in [2.05, 4.69) is 43.2 Å². The first-order chi connectivity index (χ1) is 32.8. The summed E-state index contributed by atoms with van der Waals surface area (Å²) in [6.45, 7) is 16.6. The fraction of sp³-hybridized carbons (Fsp3) is 0.889. The molecule has 1 aromatic rings. The number of hydrogen-bond acceptors (Lipinski definition) is 13. The van der Waals surface area contributed by atoms with Crippen molar-refractivity contribution < 1.29 is 38.0 Å². The van der Waals surface area contributed by atoms with Crippen molar-refractivity contribution >= 4 is 23.3 Å². The second-order valence-electron chi connectivity index (χ2n) is 18.6. The molecular weight excluding hydrogens is 851 g/mol. The summed E-state index contributed by atoms with van der Waals surface area (Å²) in [7, 11) is 1.66. The zero-order chi connectivity index (χ0) is 48.8. The highest BCUT2D eigenvalue weighted by molar-refractivity contribution is 5.73. The molecule has 0 aliphatic rings. The Morgan fingerprint density at radius 1 is 0.433 bits per heavy atom. The SMILES string of the molecule is CCCCCCOCC(COCCCCCC)OC(=O)CCCCCCCN(CCCCCCCC(=O)OC(COCCCCCC)COCCCCCC)CCCNc1c(NC)c(=O)c1=O. The van der Waals surface area contributed by atoms with Crippen LogP contribution in [0.5, 0.6) is 0 Å². The molecule has 0 unspecified atom stereocenters. The van der Waals surface area contributed by atoms with Gasteiger partial charge in [0.05, 0.1) is 26.4 Å². The van der Waals surface area contributed by atoms with Crippen LogP contribution in [0.2, 0.25) is 0 Å². The highest BCUT2D eigenvalue weighted by Gasteiger charge is 2.20. The number of esters is 2. The number of rotatable bonds is 52. The average molecular weight is 952 g/mol. The van der Waals surface area contributed by atoms with Crippen LogP contribution in [0.1, 0.15) is 214 Å². The van der Waals surface area contributed by atoms with Gasteiger partial charge in [-0.2, -0.15) is 0 Å². The van der Waals surface area contributed by atoms with Crippen molar-refractivity contribution in [2.24, 2.45) is 0 Å². The molecule has 0 atom stereocenters. The summed E-state index contributed by atoms with van der Waals surface area (Å²) in [6, 6.07) is 0. The van der Waals surface area contributed by atoms with Gasteiger partial charge in [-0.3, -0.25) is 19.2 Å². The summed E-state index contributed by atoms with van der Waals surface area (Å²) in [4.78, 5) is 52.0. The molecule has 13 nitrogen and oxygen atoms in total. The minimum absolute atomic E-state index is 0.170. The number of ether oxygens (including phenoxy) is 6. The fourth-order valence-corrected chi connectivity index (χ4v) is 8.03. The van der Waals surface area contributed by atoms with E-state index in [0.717, 1.165) is 142 Å². The predicted molar refractivity (Wildman–Crippen MR) is 275 cm³/mol. The van der Waals surface area contributed by atoms with E-state index >= 15 is 0 Å². The molecule has 0 radical (unpaired) electrons. The van der Waals surface area contributed by atoms with Gasteiger partial charge >= 0.3 is 11.9 Å². The smallest absolute Gasteiger partial charge is 0.306 e. The summed E-state index contributed by atoms with van der Waals surface area (Å²) < 4.78 is 35.2. The van der Waals surface area contributed by atoms with E-state index in [1.165, 1.54) is 51.4 Å². The van der Waals surface area contributed by atoms with Crippen molar-refractivity contribution in [3.63, 3.8) is 0 Å². The number of anilines is 2. The maximum absolute atomic E-state index is 12.8. The Labute approximate surface area is 408 Å². The molecule has 13 heteroatoms. The monoisotopic (exact) mass is 952 g/mol. The Hall–Kier alpha value is -2.58. The molecule has 0 saturated heterocycles. The van der Waals surface area contributed by atoms with E-state index in [-0.39, 0.29) is 24.1 Å². The summed E-state index contributed by atoms with van der Waals surface area (Å²) in [5.41, 5.74) is -0.138. The quantitative estimate of drug-likeness (QED) is 0.0362. The molecule has 0 aliphatic carbocycles. The molecule has 0 aromatic heterocycles. The van der Waals surface area contributed by atoms with Crippen LogP contribution < -0.4 is 21.5 Å². The van der Waals surface area contributed by atoms with Crippen LogP contribution in [-0.2, 0) is 38.0 Å². The first kappa shape index (κ1) is 62.4. The van der Waals surface area contributed by atoms with Crippen molar-refractivity contribution in [3.8, 4) is 0 Å². The Morgan fingerprint density at radius 3 is 1.13 bits per heavy atom. The topological polar surface area (TPSA) is 151 Å². The minimum Gasteiger partial charge on any atom is -0.457 e. The zero-order valence-corrected chi connectivity index (χ0v) is 43.7. The van der Waals surface area contributed by atoms with E-state index in [1.807, 2.05) is 0 Å². The third-order valence-corrected chi connectivity index (χ3v) is 12.2. The first-order valence-electron chi connectivity index (χ1n) is 27.5. The largest absolute Gasteiger partial charge is 0.457 e. The van der Waals surface area contributed by atoms with Gasteiger partial charge in [0.2, 0.25) is 0 Å². The van der Waals surface area contributed by atoms with E-state index in [4.69, 9.17) is 28.4 Å². The van der Waals surface area contributed by atoms with E-state index < -0.39 is 10.9 Å². The lowest BCUT2D eigenvalue weighted by atomic mass is 10.1. The zero-order valence-electron chi connectivity index (χ0n) is 43.7. The highest BCUT2D eigenvalue weighted by Crippen LogP contribution is 2.15. The van der Waals surface area contributed by atoms with E-state index in [9.17, 15) is 19.2 Å².